The zero-order valence-electron chi connectivity index (χ0n) is 8.92. The van der Waals surface area contributed by atoms with E-state index in [1.807, 2.05) is 0 Å². The number of carbonyl (C=O) groups is 1. The van der Waals surface area contributed by atoms with Crippen molar-refractivity contribution in [3.63, 3.8) is 0 Å². The predicted molar refractivity (Wildman–Crippen MR) is 60.6 cm³/mol. The number of carbonyl (C=O) groups excluding carboxylic acids is 1. The number of esters is 1. The summed E-state index contributed by atoms with van der Waals surface area (Å²) in [6.45, 7) is 2.73. The molecule has 0 radical (unpaired) electrons. The molecule has 0 aromatic carbocycles. The molecule has 1 aliphatic rings. The maximum absolute atomic E-state index is 11.4. The minimum absolute atomic E-state index is 0.0346. The molecule has 3 heteroatoms. The van der Waals surface area contributed by atoms with E-state index in [9.17, 15) is 4.79 Å². The summed E-state index contributed by atoms with van der Waals surface area (Å²) in [6, 6.07) is 0. The Morgan fingerprint density at radius 3 is 2.64 bits per heavy atom. The summed E-state index contributed by atoms with van der Waals surface area (Å²) >= 11 is 4.26. The van der Waals surface area contributed by atoms with Crippen LogP contribution in [0.1, 0.15) is 45.4 Å². The third-order valence-electron chi connectivity index (χ3n) is 2.82. The first kappa shape index (κ1) is 11.9. The van der Waals surface area contributed by atoms with Crippen molar-refractivity contribution in [2.24, 2.45) is 5.41 Å². The van der Waals surface area contributed by atoms with Gasteiger partial charge in [0, 0.05) is 0 Å². The highest BCUT2D eigenvalue weighted by atomic mass is 32.1. The summed E-state index contributed by atoms with van der Waals surface area (Å²) in [7, 11) is 0. The average Bonchev–Trinajstić information content (AvgIpc) is 2.93. The molecular weight excluding hydrogens is 196 g/mol. The molecule has 0 bridgehead atoms. The van der Waals surface area contributed by atoms with Crippen molar-refractivity contribution < 1.29 is 9.53 Å². The standard InChI is InChI=1S/C11H20O2S/c1-2-3-4-7-13-10(12)8-11(9-14)5-6-11/h14H,2-9H2,1H3. The predicted octanol–water partition coefficient (Wildman–Crippen LogP) is 2.82. The first-order chi connectivity index (χ1) is 6.72. The molecule has 0 spiro atoms. The van der Waals surface area contributed by atoms with Gasteiger partial charge in [-0.2, -0.15) is 12.6 Å². The lowest BCUT2D eigenvalue weighted by atomic mass is 10.1. The molecule has 0 unspecified atom stereocenters. The normalized spacial score (nSPS) is 17.9. The fourth-order valence-corrected chi connectivity index (χ4v) is 1.89. The number of unbranched alkanes of at least 4 members (excludes halogenated alkanes) is 2. The van der Waals surface area contributed by atoms with Crippen molar-refractivity contribution in [2.45, 2.75) is 45.4 Å². The Morgan fingerprint density at radius 2 is 2.14 bits per heavy atom. The van der Waals surface area contributed by atoms with Gasteiger partial charge in [0.05, 0.1) is 13.0 Å². The van der Waals surface area contributed by atoms with E-state index in [4.69, 9.17) is 4.74 Å². The van der Waals surface area contributed by atoms with Gasteiger partial charge in [-0.1, -0.05) is 19.8 Å². The third kappa shape index (κ3) is 3.91. The first-order valence-corrected chi connectivity index (χ1v) is 6.12. The molecule has 0 aliphatic heterocycles. The zero-order chi connectivity index (χ0) is 10.4. The van der Waals surface area contributed by atoms with Crippen molar-refractivity contribution in [3.8, 4) is 0 Å². The molecule has 1 aliphatic carbocycles. The van der Waals surface area contributed by atoms with E-state index in [0.717, 1.165) is 37.9 Å². The lowest BCUT2D eigenvalue weighted by molar-refractivity contribution is -0.145. The monoisotopic (exact) mass is 216 g/mol. The number of hydrogen-bond donors (Lipinski definition) is 1. The maximum atomic E-state index is 11.4. The summed E-state index contributed by atoms with van der Waals surface area (Å²) in [5.41, 5.74) is 0.199. The fourth-order valence-electron chi connectivity index (χ4n) is 1.46. The average molecular weight is 216 g/mol. The van der Waals surface area contributed by atoms with Crippen LogP contribution in [-0.2, 0) is 9.53 Å². The molecule has 2 nitrogen and oxygen atoms in total. The van der Waals surface area contributed by atoms with Gasteiger partial charge in [-0.15, -0.1) is 0 Å². The number of thiol groups is 1. The van der Waals surface area contributed by atoms with E-state index in [1.165, 1.54) is 0 Å². The van der Waals surface area contributed by atoms with Gasteiger partial charge in [-0.05, 0) is 30.4 Å². The Morgan fingerprint density at radius 1 is 1.43 bits per heavy atom. The van der Waals surface area contributed by atoms with Gasteiger partial charge in [0.1, 0.15) is 0 Å². The van der Waals surface area contributed by atoms with Crippen molar-refractivity contribution in [3.05, 3.63) is 0 Å². The Balaban J connectivity index is 2.04. The topological polar surface area (TPSA) is 26.3 Å². The van der Waals surface area contributed by atoms with E-state index in [2.05, 4.69) is 19.6 Å². The van der Waals surface area contributed by atoms with Crippen molar-refractivity contribution >= 4 is 18.6 Å². The van der Waals surface area contributed by atoms with Crippen LogP contribution >= 0.6 is 12.6 Å². The molecule has 14 heavy (non-hydrogen) atoms. The number of hydrogen-bond acceptors (Lipinski definition) is 3. The molecule has 0 N–H and O–H groups in total. The Hall–Kier alpha value is -0.180. The molecule has 82 valence electrons. The Bertz CT molecular complexity index is 188. The minimum atomic E-state index is -0.0346. The quantitative estimate of drug-likeness (QED) is 0.402. The van der Waals surface area contributed by atoms with Crippen LogP contribution < -0.4 is 0 Å². The van der Waals surface area contributed by atoms with Gasteiger partial charge in [0.15, 0.2) is 0 Å². The van der Waals surface area contributed by atoms with E-state index < -0.39 is 0 Å². The van der Waals surface area contributed by atoms with Crippen molar-refractivity contribution in [1.82, 2.24) is 0 Å². The first-order valence-electron chi connectivity index (χ1n) is 5.49. The molecule has 1 saturated carbocycles. The van der Waals surface area contributed by atoms with Crippen LogP contribution in [0.4, 0.5) is 0 Å². The van der Waals surface area contributed by atoms with Crippen LogP contribution in [0.2, 0.25) is 0 Å². The van der Waals surface area contributed by atoms with Crippen LogP contribution in [0, 0.1) is 5.41 Å². The summed E-state index contributed by atoms with van der Waals surface area (Å²) in [5, 5.41) is 0. The minimum Gasteiger partial charge on any atom is -0.466 e. The van der Waals surface area contributed by atoms with Crippen molar-refractivity contribution in [1.29, 1.82) is 0 Å². The van der Waals surface area contributed by atoms with E-state index >= 15 is 0 Å². The highest BCUT2D eigenvalue weighted by Crippen LogP contribution is 2.49. The second-order valence-corrected chi connectivity index (χ2v) is 4.58. The van der Waals surface area contributed by atoms with Gasteiger partial charge in [0.25, 0.3) is 0 Å². The van der Waals surface area contributed by atoms with Crippen LogP contribution in [-0.4, -0.2) is 18.3 Å². The maximum Gasteiger partial charge on any atom is 0.306 e. The lowest BCUT2D eigenvalue weighted by Crippen LogP contribution is -2.14. The number of ether oxygens (including phenoxy) is 1. The van der Waals surface area contributed by atoms with Gasteiger partial charge in [-0.3, -0.25) is 4.79 Å². The highest BCUT2D eigenvalue weighted by Gasteiger charge is 2.43. The second kappa shape index (κ2) is 5.64. The molecule has 0 amide bonds. The molecule has 0 aromatic heterocycles. The smallest absolute Gasteiger partial charge is 0.306 e. The number of rotatable bonds is 7. The third-order valence-corrected chi connectivity index (χ3v) is 3.49. The lowest BCUT2D eigenvalue weighted by Gasteiger charge is -2.10. The molecule has 0 aromatic rings. The summed E-state index contributed by atoms with van der Waals surface area (Å²) in [6.07, 6.45) is 6.16. The van der Waals surface area contributed by atoms with E-state index in [1.54, 1.807) is 0 Å². The van der Waals surface area contributed by atoms with Crippen LogP contribution in [0.5, 0.6) is 0 Å². The molecule has 1 rings (SSSR count). The molecular formula is C11H20O2S. The highest BCUT2D eigenvalue weighted by molar-refractivity contribution is 7.80. The summed E-state index contributed by atoms with van der Waals surface area (Å²) in [5.74, 6) is 0.782. The second-order valence-electron chi connectivity index (χ2n) is 4.26. The van der Waals surface area contributed by atoms with Gasteiger partial charge >= 0.3 is 5.97 Å². The molecule has 0 atom stereocenters. The van der Waals surface area contributed by atoms with Crippen LogP contribution in [0.15, 0.2) is 0 Å². The largest absolute Gasteiger partial charge is 0.466 e. The van der Waals surface area contributed by atoms with E-state index in [-0.39, 0.29) is 11.4 Å². The molecule has 0 saturated heterocycles. The molecule has 1 fully saturated rings. The van der Waals surface area contributed by atoms with Gasteiger partial charge < -0.3 is 4.74 Å². The SMILES string of the molecule is CCCCCOC(=O)CC1(CS)CC1. The summed E-state index contributed by atoms with van der Waals surface area (Å²) in [4.78, 5) is 11.4. The summed E-state index contributed by atoms with van der Waals surface area (Å²) < 4.78 is 5.15. The Kier molecular flexibility index (Phi) is 4.79. The van der Waals surface area contributed by atoms with Gasteiger partial charge in [-0.25, -0.2) is 0 Å². The van der Waals surface area contributed by atoms with Crippen LogP contribution in [0.3, 0.4) is 0 Å². The van der Waals surface area contributed by atoms with Gasteiger partial charge in [0.2, 0.25) is 0 Å². The Labute approximate surface area is 91.8 Å². The van der Waals surface area contributed by atoms with Crippen LogP contribution in [0.25, 0.3) is 0 Å². The van der Waals surface area contributed by atoms with Crippen molar-refractivity contribution in [2.75, 3.05) is 12.4 Å². The van der Waals surface area contributed by atoms with E-state index in [0.29, 0.717) is 13.0 Å². The fraction of sp³-hybridized carbons (Fsp3) is 0.909. The zero-order valence-corrected chi connectivity index (χ0v) is 9.81. The molecule has 0 heterocycles.